The Labute approximate surface area is 202 Å². The monoisotopic (exact) mass is 484 g/mol. The highest BCUT2D eigenvalue weighted by molar-refractivity contribution is 6.04. The van der Waals surface area contributed by atoms with E-state index in [1.165, 1.54) is 23.9 Å². The minimum atomic E-state index is -4.50. The van der Waals surface area contributed by atoms with Crippen molar-refractivity contribution in [2.24, 2.45) is 0 Å². The molecule has 6 nitrogen and oxygen atoms in total. The van der Waals surface area contributed by atoms with Crippen molar-refractivity contribution in [2.75, 3.05) is 43.5 Å². The molecule has 1 fully saturated rings. The molecule has 0 atom stereocenters. The lowest BCUT2D eigenvalue weighted by molar-refractivity contribution is -0.137. The van der Waals surface area contributed by atoms with Crippen LogP contribution >= 0.6 is 0 Å². The molecule has 1 aromatic heterocycles. The van der Waals surface area contributed by atoms with E-state index in [0.29, 0.717) is 5.69 Å². The number of alkyl halides is 3. The summed E-state index contributed by atoms with van der Waals surface area (Å²) in [5.41, 5.74) is 0.736. The number of amides is 1. The van der Waals surface area contributed by atoms with E-state index in [0.717, 1.165) is 62.8 Å². The number of carbonyl (C=O) groups excluding carboxylic acids is 1. The van der Waals surface area contributed by atoms with Crippen molar-refractivity contribution in [1.29, 1.82) is 0 Å². The number of halogens is 3. The number of anilines is 2. The van der Waals surface area contributed by atoms with Gasteiger partial charge in [0, 0.05) is 38.3 Å². The van der Waals surface area contributed by atoms with E-state index < -0.39 is 17.6 Å². The molecule has 3 aromatic rings. The second-order valence-electron chi connectivity index (χ2n) is 8.40. The molecule has 0 aliphatic carbocycles. The van der Waals surface area contributed by atoms with E-state index in [-0.39, 0.29) is 5.56 Å². The second kappa shape index (κ2) is 10.8. The normalized spacial score (nSPS) is 14.9. The van der Waals surface area contributed by atoms with Gasteiger partial charge < -0.3 is 15.0 Å². The highest BCUT2D eigenvalue weighted by Crippen LogP contribution is 2.29. The maximum atomic E-state index is 12.9. The van der Waals surface area contributed by atoms with Gasteiger partial charge in [-0.2, -0.15) is 13.2 Å². The Kier molecular flexibility index (Phi) is 7.55. The van der Waals surface area contributed by atoms with Crippen molar-refractivity contribution in [3.63, 3.8) is 0 Å². The average molecular weight is 485 g/mol. The molecule has 1 aliphatic heterocycles. The molecule has 4 rings (SSSR count). The van der Waals surface area contributed by atoms with E-state index in [1.807, 2.05) is 18.2 Å². The smallest absolute Gasteiger partial charge is 0.416 e. The predicted molar refractivity (Wildman–Crippen MR) is 129 cm³/mol. The topological polar surface area (TPSA) is 57.7 Å². The lowest BCUT2D eigenvalue weighted by atomic mass is 10.1. The number of carbonyl (C=O) groups is 1. The number of methoxy groups -OCH3 is 1. The largest absolute Gasteiger partial charge is 0.497 e. The van der Waals surface area contributed by atoms with Gasteiger partial charge in [0.15, 0.2) is 0 Å². The van der Waals surface area contributed by atoms with Crippen LogP contribution in [-0.4, -0.2) is 49.1 Å². The Morgan fingerprint density at radius 1 is 1.03 bits per heavy atom. The summed E-state index contributed by atoms with van der Waals surface area (Å²) in [5, 5.41) is 2.62. The Morgan fingerprint density at radius 3 is 2.51 bits per heavy atom. The fourth-order valence-electron chi connectivity index (χ4n) is 4.03. The van der Waals surface area contributed by atoms with Crippen LogP contribution in [0.15, 0.2) is 66.9 Å². The van der Waals surface area contributed by atoms with E-state index >= 15 is 0 Å². The summed E-state index contributed by atoms with van der Waals surface area (Å²) < 4.78 is 44.0. The number of benzene rings is 2. The third-order valence-electron chi connectivity index (χ3n) is 5.94. The van der Waals surface area contributed by atoms with Crippen LogP contribution in [0.2, 0.25) is 0 Å². The number of pyridine rings is 1. The van der Waals surface area contributed by atoms with Gasteiger partial charge in [0.25, 0.3) is 5.91 Å². The molecule has 35 heavy (non-hydrogen) atoms. The zero-order chi connectivity index (χ0) is 24.8. The molecule has 1 aliphatic rings. The fourth-order valence-corrected chi connectivity index (χ4v) is 4.03. The molecule has 0 saturated carbocycles. The number of ether oxygens (including phenoxy) is 1. The van der Waals surface area contributed by atoms with Crippen molar-refractivity contribution in [1.82, 2.24) is 9.88 Å². The molecule has 184 valence electrons. The molecular formula is C26H27F3N4O2. The number of rotatable bonds is 6. The third-order valence-corrected chi connectivity index (χ3v) is 5.94. The third kappa shape index (κ3) is 6.51. The van der Waals surface area contributed by atoms with Crippen LogP contribution in [0.3, 0.4) is 0 Å². The Balaban J connectivity index is 1.33. The average Bonchev–Trinajstić information content (AvgIpc) is 3.10. The van der Waals surface area contributed by atoms with Crippen molar-refractivity contribution < 1.29 is 22.7 Å². The standard InChI is InChI=1S/C26H27F3N4O2/c1-35-23-9-6-19(7-10-23)18-32-12-3-13-33(15-14-32)24-11-8-22(17-30-24)31-25(34)20-4-2-5-21(16-20)26(27,28)29/h2,4-11,16-17H,3,12-15,18H2,1H3,(H,31,34). The van der Waals surface area contributed by atoms with Crippen molar-refractivity contribution in [3.05, 3.63) is 83.6 Å². The summed E-state index contributed by atoms with van der Waals surface area (Å²) in [7, 11) is 1.66. The van der Waals surface area contributed by atoms with Gasteiger partial charge >= 0.3 is 6.18 Å². The summed E-state index contributed by atoms with van der Waals surface area (Å²) in [6.45, 7) is 4.42. The van der Waals surface area contributed by atoms with Crippen LogP contribution in [-0.2, 0) is 12.7 Å². The minimum absolute atomic E-state index is 0.0617. The molecule has 2 aromatic carbocycles. The first-order valence-corrected chi connectivity index (χ1v) is 11.4. The van der Waals surface area contributed by atoms with Gasteiger partial charge in [-0.25, -0.2) is 4.98 Å². The van der Waals surface area contributed by atoms with Gasteiger partial charge in [-0.1, -0.05) is 18.2 Å². The van der Waals surface area contributed by atoms with Gasteiger partial charge in [-0.05, 0) is 54.4 Å². The van der Waals surface area contributed by atoms with Crippen LogP contribution in [0.5, 0.6) is 5.75 Å². The minimum Gasteiger partial charge on any atom is -0.497 e. The van der Waals surface area contributed by atoms with Crippen molar-refractivity contribution in [2.45, 2.75) is 19.1 Å². The molecular weight excluding hydrogens is 457 g/mol. The molecule has 0 spiro atoms. The fraction of sp³-hybridized carbons (Fsp3) is 0.308. The van der Waals surface area contributed by atoms with E-state index in [9.17, 15) is 18.0 Å². The van der Waals surface area contributed by atoms with Crippen molar-refractivity contribution >= 4 is 17.4 Å². The van der Waals surface area contributed by atoms with Crippen molar-refractivity contribution in [3.8, 4) is 5.75 Å². The highest BCUT2D eigenvalue weighted by Gasteiger charge is 2.30. The van der Waals surface area contributed by atoms with E-state index in [1.54, 1.807) is 13.2 Å². The van der Waals surface area contributed by atoms with Gasteiger partial charge in [0.05, 0.1) is 24.6 Å². The molecule has 1 amide bonds. The molecule has 0 unspecified atom stereocenters. The van der Waals surface area contributed by atoms with Crippen LogP contribution in [0.4, 0.5) is 24.7 Å². The van der Waals surface area contributed by atoms with Crippen LogP contribution in [0, 0.1) is 0 Å². The summed E-state index contributed by atoms with van der Waals surface area (Å²) in [5.74, 6) is 1.03. The Morgan fingerprint density at radius 2 is 1.83 bits per heavy atom. The Hall–Kier alpha value is -3.59. The number of nitrogens with one attached hydrogen (secondary N) is 1. The first kappa shape index (κ1) is 24.5. The second-order valence-corrected chi connectivity index (χ2v) is 8.40. The van der Waals surface area contributed by atoms with E-state index in [4.69, 9.17) is 4.74 Å². The summed E-state index contributed by atoms with van der Waals surface area (Å²) in [6.07, 6.45) is -1.98. The van der Waals surface area contributed by atoms with Gasteiger partial charge in [0.2, 0.25) is 0 Å². The SMILES string of the molecule is COc1ccc(CN2CCCN(c3ccc(NC(=O)c4cccc(C(F)(F)F)c4)cn3)CC2)cc1. The maximum absolute atomic E-state index is 12.9. The van der Waals surface area contributed by atoms with Crippen LogP contribution < -0.4 is 15.0 Å². The van der Waals surface area contributed by atoms with Gasteiger partial charge in [-0.15, -0.1) is 0 Å². The molecule has 0 radical (unpaired) electrons. The lowest BCUT2D eigenvalue weighted by Gasteiger charge is -2.23. The number of aromatic nitrogens is 1. The van der Waals surface area contributed by atoms with E-state index in [2.05, 4.69) is 32.2 Å². The molecule has 1 N–H and O–H groups in total. The zero-order valence-corrected chi connectivity index (χ0v) is 19.4. The number of hydrogen-bond donors (Lipinski definition) is 1. The summed E-state index contributed by atoms with van der Waals surface area (Å²) in [4.78, 5) is 21.5. The number of nitrogens with zero attached hydrogens (tertiary/aromatic N) is 3. The summed E-state index contributed by atoms with van der Waals surface area (Å²) in [6, 6.07) is 16.0. The molecule has 9 heteroatoms. The highest BCUT2D eigenvalue weighted by atomic mass is 19.4. The van der Waals surface area contributed by atoms with Gasteiger partial charge in [0.1, 0.15) is 11.6 Å². The van der Waals surface area contributed by atoms with Gasteiger partial charge in [-0.3, -0.25) is 9.69 Å². The van der Waals surface area contributed by atoms with Crippen LogP contribution in [0.1, 0.15) is 27.9 Å². The van der Waals surface area contributed by atoms with Crippen LogP contribution in [0.25, 0.3) is 0 Å². The first-order chi connectivity index (χ1) is 16.8. The maximum Gasteiger partial charge on any atom is 0.416 e. The molecule has 1 saturated heterocycles. The molecule has 2 heterocycles. The number of hydrogen-bond acceptors (Lipinski definition) is 5. The first-order valence-electron chi connectivity index (χ1n) is 11.4. The quantitative estimate of drug-likeness (QED) is 0.529. The lowest BCUT2D eigenvalue weighted by Crippen LogP contribution is -2.30. The molecule has 0 bridgehead atoms. The Bertz CT molecular complexity index is 1130. The summed E-state index contributed by atoms with van der Waals surface area (Å²) >= 11 is 0. The zero-order valence-electron chi connectivity index (χ0n) is 19.4. The predicted octanol–water partition coefficient (Wildman–Crippen LogP) is 5.07.